The highest BCUT2D eigenvalue weighted by atomic mass is 35.5. The van der Waals surface area contributed by atoms with E-state index in [1.165, 1.54) is 24.3 Å². The van der Waals surface area contributed by atoms with Crippen LogP contribution in [0.5, 0.6) is 5.75 Å². The first-order valence-corrected chi connectivity index (χ1v) is 13.8. The summed E-state index contributed by atoms with van der Waals surface area (Å²) in [6, 6.07) is 16.4. The fraction of sp³-hybridized carbons (Fsp3) is 0.231. The van der Waals surface area contributed by atoms with E-state index in [1.807, 2.05) is 13.8 Å². The molecule has 0 saturated heterocycles. The molecule has 1 amide bonds. The number of hydrazone groups is 1. The van der Waals surface area contributed by atoms with Gasteiger partial charge in [0.25, 0.3) is 21.6 Å². The van der Waals surface area contributed by atoms with Crippen LogP contribution >= 0.6 is 11.6 Å². The largest absolute Gasteiger partial charge is 0.484 e. The van der Waals surface area contributed by atoms with Gasteiger partial charge in [-0.15, -0.1) is 0 Å². The van der Waals surface area contributed by atoms with Crippen LogP contribution in [0.3, 0.4) is 0 Å². The topological polar surface area (TPSA) is 143 Å². The van der Waals surface area contributed by atoms with Gasteiger partial charge in [-0.3, -0.25) is 25.1 Å². The number of benzene rings is 3. The molecule has 206 valence electrons. The zero-order chi connectivity index (χ0) is 28.6. The van der Waals surface area contributed by atoms with E-state index in [-0.39, 0.29) is 28.8 Å². The van der Waals surface area contributed by atoms with Crippen molar-refractivity contribution in [2.75, 3.05) is 29.8 Å². The van der Waals surface area contributed by atoms with Crippen molar-refractivity contribution in [1.82, 2.24) is 4.90 Å². The predicted octanol–water partition coefficient (Wildman–Crippen LogP) is 5.13. The van der Waals surface area contributed by atoms with Crippen molar-refractivity contribution in [1.29, 1.82) is 0 Å². The third-order valence-corrected chi connectivity index (χ3v) is 7.26. The van der Waals surface area contributed by atoms with Crippen LogP contribution in [-0.2, 0) is 14.8 Å². The first-order valence-electron chi connectivity index (χ1n) is 11.9. The molecule has 0 bridgehead atoms. The van der Waals surface area contributed by atoms with Gasteiger partial charge in [-0.05, 0) is 80.9 Å². The molecule has 39 heavy (non-hydrogen) atoms. The van der Waals surface area contributed by atoms with Crippen molar-refractivity contribution in [2.24, 2.45) is 5.10 Å². The molecular weight excluding hydrogens is 546 g/mol. The van der Waals surface area contributed by atoms with E-state index >= 15 is 0 Å². The molecule has 0 spiro atoms. The lowest BCUT2D eigenvalue weighted by Gasteiger charge is -2.18. The molecular formula is C26H28ClN5O6S. The molecule has 0 heterocycles. The number of ether oxygens (including phenoxy) is 1. The predicted molar refractivity (Wildman–Crippen MR) is 151 cm³/mol. The van der Waals surface area contributed by atoms with E-state index in [0.717, 1.165) is 6.07 Å². The summed E-state index contributed by atoms with van der Waals surface area (Å²) >= 11 is 5.90. The maximum Gasteiger partial charge on any atom is 0.295 e. The minimum absolute atomic E-state index is 0.0101. The van der Waals surface area contributed by atoms with Crippen molar-refractivity contribution in [2.45, 2.75) is 25.7 Å². The fourth-order valence-electron chi connectivity index (χ4n) is 3.50. The molecule has 11 nitrogen and oxygen atoms in total. The Hall–Kier alpha value is -4.16. The van der Waals surface area contributed by atoms with Gasteiger partial charge in [0.05, 0.1) is 21.2 Å². The van der Waals surface area contributed by atoms with Crippen molar-refractivity contribution < 1.29 is 22.9 Å². The van der Waals surface area contributed by atoms with Crippen LogP contribution in [0.1, 0.15) is 26.3 Å². The van der Waals surface area contributed by atoms with E-state index < -0.39 is 20.6 Å². The van der Waals surface area contributed by atoms with Crippen molar-refractivity contribution in [3.63, 3.8) is 0 Å². The Morgan fingerprint density at radius 3 is 2.38 bits per heavy atom. The molecule has 0 saturated carbocycles. The number of amides is 1. The van der Waals surface area contributed by atoms with E-state index in [9.17, 15) is 23.3 Å². The molecule has 0 aromatic heterocycles. The van der Waals surface area contributed by atoms with Gasteiger partial charge in [-0.25, -0.2) is 8.42 Å². The van der Waals surface area contributed by atoms with Gasteiger partial charge in [0, 0.05) is 24.2 Å². The maximum atomic E-state index is 12.8. The summed E-state index contributed by atoms with van der Waals surface area (Å²) in [5.74, 6) is 0.408. The lowest BCUT2D eigenvalue weighted by Crippen LogP contribution is -2.34. The Balaban J connectivity index is 1.72. The molecule has 3 aromatic carbocycles. The zero-order valence-corrected chi connectivity index (χ0v) is 23.1. The number of likely N-dealkylation sites (N-methyl/N-ethyl adjacent to an activating group) is 1. The molecule has 2 N–H and O–H groups in total. The number of anilines is 2. The second kappa shape index (κ2) is 13.1. The average molecular weight is 574 g/mol. The highest BCUT2D eigenvalue weighted by Gasteiger charge is 2.22. The maximum absolute atomic E-state index is 12.8. The number of carbonyl (C=O) groups excluding carboxylic acids is 1. The normalized spacial score (nSPS) is 11.5. The second-order valence-corrected chi connectivity index (χ2v) is 10.4. The molecule has 0 aliphatic carbocycles. The van der Waals surface area contributed by atoms with E-state index in [2.05, 4.69) is 15.2 Å². The average Bonchev–Trinajstić information content (AvgIpc) is 2.91. The van der Waals surface area contributed by atoms with Gasteiger partial charge >= 0.3 is 0 Å². The smallest absolute Gasteiger partial charge is 0.295 e. The van der Waals surface area contributed by atoms with Crippen LogP contribution in [0.15, 0.2) is 76.7 Å². The summed E-state index contributed by atoms with van der Waals surface area (Å²) in [6.45, 7) is 6.65. The summed E-state index contributed by atoms with van der Waals surface area (Å²) in [7, 11) is -4.11. The highest BCUT2D eigenvalue weighted by Crippen LogP contribution is 2.29. The van der Waals surface area contributed by atoms with E-state index in [1.54, 1.807) is 48.2 Å². The quantitative estimate of drug-likeness (QED) is 0.174. The van der Waals surface area contributed by atoms with Gasteiger partial charge in [0.15, 0.2) is 6.61 Å². The first kappa shape index (κ1) is 29.4. The van der Waals surface area contributed by atoms with Crippen LogP contribution < -0.4 is 14.9 Å². The Bertz CT molecular complexity index is 1470. The molecule has 3 aromatic rings. The Labute approximate surface area is 231 Å². The third kappa shape index (κ3) is 7.91. The zero-order valence-electron chi connectivity index (χ0n) is 21.5. The second-order valence-electron chi connectivity index (χ2n) is 8.24. The van der Waals surface area contributed by atoms with Crippen molar-refractivity contribution >= 4 is 50.3 Å². The number of nitrogens with zero attached hydrogens (tertiary/aromatic N) is 3. The number of nitrogens with one attached hydrogen (secondary N) is 2. The van der Waals surface area contributed by atoms with Gasteiger partial charge in [-0.2, -0.15) is 5.10 Å². The molecule has 3 rings (SSSR count). The SMILES string of the molecule is CCN(CC)C(=O)COc1ccc(/C(C)=N/Nc2ccc(S(=O)(=O)Nc3cccc(Cl)c3)cc2[N+](=O)[O-])cc1. The summed E-state index contributed by atoms with van der Waals surface area (Å²) in [5, 5.41) is 16.2. The minimum atomic E-state index is -4.11. The lowest BCUT2D eigenvalue weighted by atomic mass is 10.1. The number of nitro benzene ring substituents is 1. The van der Waals surface area contributed by atoms with Crippen molar-refractivity contribution in [3.05, 3.63) is 87.4 Å². The van der Waals surface area contributed by atoms with E-state index in [0.29, 0.717) is 35.1 Å². The molecule has 13 heteroatoms. The number of nitro groups is 1. The Kier molecular flexibility index (Phi) is 9.85. The summed E-state index contributed by atoms with van der Waals surface area (Å²) in [4.78, 5) is 24.5. The fourth-order valence-corrected chi connectivity index (χ4v) is 4.76. The lowest BCUT2D eigenvalue weighted by molar-refractivity contribution is -0.384. The van der Waals surface area contributed by atoms with Crippen LogP contribution in [0.4, 0.5) is 17.1 Å². The summed E-state index contributed by atoms with van der Waals surface area (Å²) < 4.78 is 33.4. The number of sulfonamides is 1. The van der Waals surface area contributed by atoms with Gasteiger partial charge in [0.1, 0.15) is 11.4 Å². The standard InChI is InChI=1S/C26H28ClN5O6S/c1-4-31(5-2)26(33)17-38-22-11-9-19(10-12-22)18(3)28-29-24-14-13-23(16-25(24)32(34)35)39(36,37)30-21-8-6-7-20(27)15-21/h6-16,29-30H,4-5,17H2,1-3H3/b28-18+. The number of rotatable bonds is 12. The summed E-state index contributed by atoms with van der Waals surface area (Å²) in [5.41, 5.74) is 3.62. The minimum Gasteiger partial charge on any atom is -0.484 e. The Morgan fingerprint density at radius 1 is 1.08 bits per heavy atom. The number of hydrogen-bond donors (Lipinski definition) is 2. The molecule has 0 aliphatic rings. The Morgan fingerprint density at radius 2 is 1.77 bits per heavy atom. The van der Waals surface area contributed by atoms with Crippen LogP contribution in [-0.4, -0.2) is 49.6 Å². The van der Waals surface area contributed by atoms with E-state index in [4.69, 9.17) is 16.3 Å². The summed E-state index contributed by atoms with van der Waals surface area (Å²) in [6.07, 6.45) is 0. The number of carbonyl (C=O) groups is 1. The highest BCUT2D eigenvalue weighted by molar-refractivity contribution is 7.92. The van der Waals surface area contributed by atoms with Gasteiger partial charge in [0.2, 0.25) is 0 Å². The van der Waals surface area contributed by atoms with Crippen LogP contribution in [0, 0.1) is 10.1 Å². The molecule has 0 aliphatic heterocycles. The van der Waals surface area contributed by atoms with Crippen molar-refractivity contribution in [3.8, 4) is 5.75 Å². The van der Waals surface area contributed by atoms with Gasteiger partial charge in [-0.1, -0.05) is 17.7 Å². The first-order chi connectivity index (χ1) is 18.5. The third-order valence-electron chi connectivity index (χ3n) is 5.65. The molecule has 0 atom stereocenters. The molecule has 0 radical (unpaired) electrons. The molecule has 0 unspecified atom stereocenters. The monoisotopic (exact) mass is 573 g/mol. The van der Waals surface area contributed by atoms with Crippen LogP contribution in [0.2, 0.25) is 5.02 Å². The van der Waals surface area contributed by atoms with Crippen LogP contribution in [0.25, 0.3) is 0 Å². The molecule has 0 fully saturated rings. The number of halogens is 1. The number of hydrogen-bond acceptors (Lipinski definition) is 8. The van der Waals surface area contributed by atoms with Gasteiger partial charge < -0.3 is 9.64 Å².